The number of aromatic nitrogens is 3. The molecule has 2 aromatic heterocycles. The van der Waals surface area contributed by atoms with Gasteiger partial charge in [0.25, 0.3) is 5.91 Å². The van der Waals surface area contributed by atoms with Gasteiger partial charge in [-0.15, -0.1) is 11.3 Å². The molecule has 2 aromatic rings. The number of nitrogens with one attached hydrogen (secondary N) is 1. The van der Waals surface area contributed by atoms with Crippen molar-refractivity contribution in [3.63, 3.8) is 0 Å². The van der Waals surface area contributed by atoms with Gasteiger partial charge in [0.05, 0.1) is 5.69 Å². The average molecular weight is 347 g/mol. The van der Waals surface area contributed by atoms with Gasteiger partial charge >= 0.3 is 0 Å². The van der Waals surface area contributed by atoms with Crippen molar-refractivity contribution in [3.05, 3.63) is 29.0 Å². The van der Waals surface area contributed by atoms with Crippen LogP contribution in [0.4, 0.5) is 0 Å². The van der Waals surface area contributed by atoms with E-state index in [0.29, 0.717) is 40.0 Å². The molecule has 7 heteroatoms. The number of aryl methyl sites for hydroxylation is 1. The van der Waals surface area contributed by atoms with Gasteiger partial charge in [0, 0.05) is 37.6 Å². The maximum absolute atomic E-state index is 12.4. The van der Waals surface area contributed by atoms with Gasteiger partial charge in [0.1, 0.15) is 4.88 Å². The minimum atomic E-state index is -0.0837. The first-order chi connectivity index (χ1) is 11.4. The van der Waals surface area contributed by atoms with Crippen LogP contribution < -0.4 is 5.32 Å². The lowest BCUT2D eigenvalue weighted by Crippen LogP contribution is -2.42. The van der Waals surface area contributed by atoms with Crippen LogP contribution in [0.5, 0.6) is 0 Å². The van der Waals surface area contributed by atoms with Crippen LogP contribution in [-0.2, 0) is 0 Å². The number of hydrogen-bond acceptors (Lipinski definition) is 6. The lowest BCUT2D eigenvalue weighted by molar-refractivity contribution is 0.0942. The Kier molecular flexibility index (Phi) is 6.39. The van der Waals surface area contributed by atoms with Crippen molar-refractivity contribution in [3.8, 4) is 10.8 Å². The molecule has 0 saturated heterocycles. The number of hydrogen-bond donors (Lipinski definition) is 1. The van der Waals surface area contributed by atoms with E-state index in [0.717, 1.165) is 6.54 Å². The van der Waals surface area contributed by atoms with Crippen LogP contribution in [0.15, 0.2) is 18.5 Å². The molecule has 130 valence electrons. The van der Waals surface area contributed by atoms with Gasteiger partial charge in [-0.05, 0) is 40.7 Å². The SMILES string of the molecule is Cc1nc(-c2ncccn2)sc1C(=O)NCCN(C(C)C)C(C)C. The zero-order valence-electron chi connectivity index (χ0n) is 14.9. The summed E-state index contributed by atoms with van der Waals surface area (Å²) in [4.78, 5) is 28.2. The van der Waals surface area contributed by atoms with Crippen molar-refractivity contribution in [2.24, 2.45) is 0 Å². The van der Waals surface area contributed by atoms with Gasteiger partial charge in [-0.25, -0.2) is 15.0 Å². The average Bonchev–Trinajstić information content (AvgIpc) is 2.93. The molecule has 0 aliphatic carbocycles. The Balaban J connectivity index is 1.99. The molecule has 0 bridgehead atoms. The minimum Gasteiger partial charge on any atom is -0.350 e. The highest BCUT2D eigenvalue weighted by atomic mass is 32.1. The molecule has 0 spiro atoms. The van der Waals surface area contributed by atoms with Gasteiger partial charge in [-0.1, -0.05) is 0 Å². The molecular formula is C17H25N5OS. The smallest absolute Gasteiger partial charge is 0.263 e. The fraction of sp³-hybridized carbons (Fsp3) is 0.529. The second-order valence-electron chi connectivity index (χ2n) is 6.19. The van der Waals surface area contributed by atoms with E-state index >= 15 is 0 Å². The molecule has 24 heavy (non-hydrogen) atoms. The number of thiazole rings is 1. The molecule has 2 heterocycles. The Labute approximate surface area is 147 Å². The lowest BCUT2D eigenvalue weighted by Gasteiger charge is -2.30. The van der Waals surface area contributed by atoms with Crippen LogP contribution >= 0.6 is 11.3 Å². The predicted molar refractivity (Wildman–Crippen MR) is 97.2 cm³/mol. The fourth-order valence-electron chi connectivity index (χ4n) is 2.60. The quantitative estimate of drug-likeness (QED) is 0.834. The molecule has 0 unspecified atom stereocenters. The van der Waals surface area contributed by atoms with Crippen LogP contribution in [0.1, 0.15) is 43.1 Å². The summed E-state index contributed by atoms with van der Waals surface area (Å²) in [5, 5.41) is 3.66. The first-order valence-electron chi connectivity index (χ1n) is 8.19. The summed E-state index contributed by atoms with van der Waals surface area (Å²) in [6, 6.07) is 2.66. The third-order valence-electron chi connectivity index (χ3n) is 3.74. The van der Waals surface area contributed by atoms with E-state index in [1.165, 1.54) is 11.3 Å². The summed E-state index contributed by atoms with van der Waals surface area (Å²) in [6.07, 6.45) is 3.34. The van der Waals surface area contributed by atoms with Crippen molar-refractivity contribution in [2.75, 3.05) is 13.1 Å². The summed E-state index contributed by atoms with van der Waals surface area (Å²) >= 11 is 1.33. The van der Waals surface area contributed by atoms with E-state index in [9.17, 15) is 4.79 Å². The van der Waals surface area contributed by atoms with E-state index in [2.05, 4.69) is 52.9 Å². The lowest BCUT2D eigenvalue weighted by atomic mass is 10.2. The Morgan fingerprint density at radius 1 is 1.21 bits per heavy atom. The van der Waals surface area contributed by atoms with Crippen LogP contribution in [0.2, 0.25) is 0 Å². The third-order valence-corrected chi connectivity index (χ3v) is 4.89. The highest BCUT2D eigenvalue weighted by Gasteiger charge is 2.18. The summed E-state index contributed by atoms with van der Waals surface area (Å²) in [6.45, 7) is 12.0. The molecule has 6 nitrogen and oxygen atoms in total. The van der Waals surface area contributed by atoms with E-state index in [1.807, 2.05) is 6.92 Å². The summed E-state index contributed by atoms with van der Waals surface area (Å²) < 4.78 is 0. The predicted octanol–water partition coefficient (Wildman–Crippen LogP) is 2.76. The van der Waals surface area contributed by atoms with Crippen molar-refractivity contribution in [2.45, 2.75) is 46.7 Å². The second-order valence-corrected chi connectivity index (χ2v) is 7.19. The molecule has 0 atom stereocenters. The third kappa shape index (κ3) is 4.58. The molecule has 1 amide bonds. The minimum absolute atomic E-state index is 0.0837. The van der Waals surface area contributed by atoms with E-state index in [-0.39, 0.29) is 5.91 Å². The number of amides is 1. The monoisotopic (exact) mass is 347 g/mol. The normalized spacial score (nSPS) is 11.5. The number of carbonyl (C=O) groups excluding carboxylic acids is 1. The molecular weight excluding hydrogens is 322 g/mol. The Morgan fingerprint density at radius 3 is 2.42 bits per heavy atom. The largest absolute Gasteiger partial charge is 0.350 e. The zero-order chi connectivity index (χ0) is 17.7. The van der Waals surface area contributed by atoms with Crippen molar-refractivity contribution in [1.29, 1.82) is 0 Å². The molecule has 0 aliphatic rings. The number of nitrogens with zero attached hydrogens (tertiary/aromatic N) is 4. The summed E-state index contributed by atoms with van der Waals surface area (Å²) in [5.74, 6) is 0.468. The number of carbonyl (C=O) groups is 1. The molecule has 2 rings (SSSR count). The Morgan fingerprint density at radius 2 is 1.83 bits per heavy atom. The Bertz CT molecular complexity index is 661. The highest BCUT2D eigenvalue weighted by molar-refractivity contribution is 7.17. The molecule has 0 aliphatic heterocycles. The van der Waals surface area contributed by atoms with E-state index < -0.39 is 0 Å². The van der Waals surface area contributed by atoms with Crippen LogP contribution in [0.3, 0.4) is 0 Å². The van der Waals surface area contributed by atoms with Crippen LogP contribution in [0, 0.1) is 6.92 Å². The van der Waals surface area contributed by atoms with E-state index in [1.54, 1.807) is 18.5 Å². The summed E-state index contributed by atoms with van der Waals surface area (Å²) in [7, 11) is 0. The van der Waals surface area contributed by atoms with Gasteiger partial charge in [-0.2, -0.15) is 0 Å². The first kappa shape index (κ1) is 18.5. The van der Waals surface area contributed by atoms with Crippen molar-refractivity contribution < 1.29 is 4.79 Å². The maximum atomic E-state index is 12.4. The number of rotatable bonds is 7. The fourth-order valence-corrected chi connectivity index (χ4v) is 3.53. The van der Waals surface area contributed by atoms with Gasteiger partial charge < -0.3 is 5.32 Å². The molecule has 0 saturated carbocycles. The highest BCUT2D eigenvalue weighted by Crippen LogP contribution is 2.24. The van der Waals surface area contributed by atoms with Crippen LogP contribution in [-0.4, -0.2) is 50.9 Å². The van der Waals surface area contributed by atoms with Gasteiger partial charge in [-0.3, -0.25) is 9.69 Å². The van der Waals surface area contributed by atoms with Crippen molar-refractivity contribution >= 4 is 17.2 Å². The second kappa shape index (κ2) is 8.30. The molecule has 0 aromatic carbocycles. The maximum Gasteiger partial charge on any atom is 0.263 e. The molecule has 1 N–H and O–H groups in total. The van der Waals surface area contributed by atoms with Crippen molar-refractivity contribution in [1.82, 2.24) is 25.2 Å². The molecule has 0 fully saturated rings. The Hall–Kier alpha value is -1.86. The van der Waals surface area contributed by atoms with Crippen LogP contribution in [0.25, 0.3) is 10.8 Å². The summed E-state index contributed by atoms with van der Waals surface area (Å²) in [5.41, 5.74) is 0.713. The molecule has 0 radical (unpaired) electrons. The van der Waals surface area contributed by atoms with Gasteiger partial charge in [0.15, 0.2) is 10.8 Å². The van der Waals surface area contributed by atoms with Gasteiger partial charge in [0.2, 0.25) is 0 Å². The standard InChI is InChI=1S/C17H25N5OS/c1-11(2)22(12(3)4)10-9-20-16(23)14-13(5)21-17(24-14)15-18-7-6-8-19-15/h6-8,11-12H,9-10H2,1-5H3,(H,20,23). The van der Waals surface area contributed by atoms with E-state index in [4.69, 9.17) is 0 Å². The first-order valence-corrected chi connectivity index (χ1v) is 9.00. The zero-order valence-corrected chi connectivity index (χ0v) is 15.7. The topological polar surface area (TPSA) is 71.0 Å².